The van der Waals surface area contributed by atoms with Crippen LogP contribution in [0, 0.1) is 0 Å². The van der Waals surface area contributed by atoms with Crippen molar-refractivity contribution >= 4 is 28.4 Å². The molecule has 0 aromatic heterocycles. The van der Waals surface area contributed by atoms with E-state index in [1.807, 2.05) is 36.4 Å². The van der Waals surface area contributed by atoms with Crippen molar-refractivity contribution in [1.29, 1.82) is 0 Å². The maximum atomic E-state index is 11.0. The molecule has 0 saturated carbocycles. The van der Waals surface area contributed by atoms with Gasteiger partial charge in [-0.05, 0) is 28.0 Å². The van der Waals surface area contributed by atoms with Gasteiger partial charge in [0.2, 0.25) is 0 Å². The summed E-state index contributed by atoms with van der Waals surface area (Å²) in [7, 11) is 0. The van der Waals surface area contributed by atoms with Crippen molar-refractivity contribution in [3.8, 4) is 0 Å². The summed E-state index contributed by atoms with van der Waals surface area (Å²) >= 11 is 0. The van der Waals surface area contributed by atoms with Crippen LogP contribution >= 0.6 is 0 Å². The van der Waals surface area contributed by atoms with E-state index in [1.165, 1.54) is 0 Å². The monoisotopic (exact) mass is 196 g/mol. The van der Waals surface area contributed by atoms with Gasteiger partial charge < -0.3 is 5.11 Å². The van der Waals surface area contributed by atoms with Crippen LogP contribution in [0.5, 0.6) is 0 Å². The van der Waals surface area contributed by atoms with Crippen LogP contribution in [0.4, 0.5) is 0 Å². The fraction of sp³-hybridized carbons (Fsp3) is 0. The van der Waals surface area contributed by atoms with Gasteiger partial charge in [0.05, 0.1) is 5.57 Å². The molecule has 72 valence electrons. The third kappa shape index (κ3) is 1.02. The number of aliphatic carboxylic acids is 1. The first-order valence-corrected chi connectivity index (χ1v) is 4.74. The molecule has 15 heavy (non-hydrogen) atoms. The van der Waals surface area contributed by atoms with Crippen molar-refractivity contribution in [2.24, 2.45) is 0 Å². The van der Waals surface area contributed by atoms with E-state index in [4.69, 9.17) is 5.11 Å². The van der Waals surface area contributed by atoms with E-state index in [0.717, 1.165) is 21.9 Å². The maximum absolute atomic E-state index is 11.0. The number of rotatable bonds is 1. The zero-order chi connectivity index (χ0) is 10.4. The Morgan fingerprint density at radius 2 is 1.80 bits per heavy atom. The molecule has 0 amide bonds. The molecule has 2 nitrogen and oxygen atoms in total. The fourth-order valence-electron chi connectivity index (χ4n) is 2.12. The third-order valence-corrected chi connectivity index (χ3v) is 2.76. The lowest BCUT2D eigenvalue weighted by molar-refractivity contribution is -0.130. The number of carbonyl (C=O) groups is 1. The molecule has 3 rings (SSSR count). The predicted octanol–water partition coefficient (Wildman–Crippen LogP) is 2.78. The summed E-state index contributed by atoms with van der Waals surface area (Å²) in [6.07, 6.45) is 1.74. The number of hydrogen-bond donors (Lipinski definition) is 1. The van der Waals surface area contributed by atoms with E-state index in [-0.39, 0.29) is 0 Å². The van der Waals surface area contributed by atoms with Crippen LogP contribution < -0.4 is 0 Å². The lowest BCUT2D eigenvalue weighted by atomic mass is 10.0. The van der Waals surface area contributed by atoms with Gasteiger partial charge >= 0.3 is 5.97 Å². The van der Waals surface area contributed by atoms with Crippen molar-refractivity contribution in [1.82, 2.24) is 0 Å². The van der Waals surface area contributed by atoms with Crippen molar-refractivity contribution in [2.75, 3.05) is 0 Å². The molecule has 0 radical (unpaired) electrons. The average molecular weight is 196 g/mol. The number of benzene rings is 2. The van der Waals surface area contributed by atoms with Crippen LogP contribution in [0.25, 0.3) is 22.4 Å². The first-order chi connectivity index (χ1) is 7.27. The maximum Gasteiger partial charge on any atom is 0.336 e. The lowest BCUT2D eigenvalue weighted by Crippen LogP contribution is -1.96. The van der Waals surface area contributed by atoms with Crippen LogP contribution in [0.2, 0.25) is 0 Å². The van der Waals surface area contributed by atoms with E-state index < -0.39 is 5.97 Å². The second-order valence-electron chi connectivity index (χ2n) is 3.61. The Morgan fingerprint density at radius 1 is 1.07 bits per heavy atom. The Kier molecular flexibility index (Phi) is 1.48. The summed E-state index contributed by atoms with van der Waals surface area (Å²) in [4.78, 5) is 11.0. The Balaban J connectivity index is 2.45. The van der Waals surface area contributed by atoms with E-state index in [1.54, 1.807) is 6.08 Å². The highest BCUT2D eigenvalue weighted by atomic mass is 16.4. The van der Waals surface area contributed by atoms with Gasteiger partial charge in [-0.15, -0.1) is 0 Å². The zero-order valence-electron chi connectivity index (χ0n) is 7.90. The largest absolute Gasteiger partial charge is 0.478 e. The average Bonchev–Trinajstić information content (AvgIpc) is 2.61. The third-order valence-electron chi connectivity index (χ3n) is 2.76. The predicted molar refractivity (Wildman–Crippen MR) is 59.5 cm³/mol. The molecule has 0 unspecified atom stereocenters. The quantitative estimate of drug-likeness (QED) is 0.761. The first kappa shape index (κ1) is 8.24. The molecule has 0 fully saturated rings. The van der Waals surface area contributed by atoms with E-state index in [9.17, 15) is 4.79 Å². The second kappa shape index (κ2) is 2.70. The summed E-state index contributed by atoms with van der Waals surface area (Å²) in [6.45, 7) is 0. The summed E-state index contributed by atoms with van der Waals surface area (Å²) in [5.74, 6) is -0.862. The topological polar surface area (TPSA) is 37.3 Å². The molecule has 0 atom stereocenters. The van der Waals surface area contributed by atoms with Crippen LogP contribution in [0.1, 0.15) is 11.1 Å². The summed E-state index contributed by atoms with van der Waals surface area (Å²) < 4.78 is 0. The van der Waals surface area contributed by atoms with Crippen molar-refractivity contribution < 1.29 is 9.90 Å². The van der Waals surface area contributed by atoms with Crippen LogP contribution in [-0.2, 0) is 4.79 Å². The highest BCUT2D eigenvalue weighted by Crippen LogP contribution is 2.36. The van der Waals surface area contributed by atoms with Gasteiger partial charge in [-0.1, -0.05) is 36.4 Å². The van der Waals surface area contributed by atoms with Crippen LogP contribution in [0.15, 0.2) is 36.4 Å². The van der Waals surface area contributed by atoms with Gasteiger partial charge in [-0.2, -0.15) is 0 Å². The van der Waals surface area contributed by atoms with Crippen molar-refractivity contribution in [3.63, 3.8) is 0 Å². The zero-order valence-corrected chi connectivity index (χ0v) is 7.90. The first-order valence-electron chi connectivity index (χ1n) is 4.74. The normalized spacial score (nSPS) is 12.9. The summed E-state index contributed by atoms with van der Waals surface area (Å²) in [5.41, 5.74) is 2.22. The smallest absolute Gasteiger partial charge is 0.336 e. The van der Waals surface area contributed by atoms with E-state index >= 15 is 0 Å². The molecule has 0 heterocycles. The molecule has 0 aliphatic heterocycles. The molecule has 1 aliphatic rings. The van der Waals surface area contributed by atoms with Crippen molar-refractivity contribution in [3.05, 3.63) is 47.5 Å². The molecule has 0 spiro atoms. The molecular weight excluding hydrogens is 188 g/mol. The molecule has 1 N–H and O–H groups in total. The minimum Gasteiger partial charge on any atom is -0.478 e. The van der Waals surface area contributed by atoms with Gasteiger partial charge in [0.1, 0.15) is 0 Å². The van der Waals surface area contributed by atoms with E-state index in [0.29, 0.717) is 5.57 Å². The molecule has 0 saturated heterocycles. The standard InChI is InChI=1S/C13H8O2/c14-13(15)11-7-9-5-1-3-8-4-2-6-10(11)12(8)9/h1-7H,(H,14,15). The molecule has 2 aromatic rings. The van der Waals surface area contributed by atoms with Gasteiger partial charge in [0, 0.05) is 0 Å². The summed E-state index contributed by atoms with van der Waals surface area (Å²) in [6, 6.07) is 11.6. The summed E-state index contributed by atoms with van der Waals surface area (Å²) in [5, 5.41) is 11.2. The van der Waals surface area contributed by atoms with Gasteiger partial charge in [-0.25, -0.2) is 4.79 Å². The minimum atomic E-state index is -0.862. The molecule has 1 aliphatic carbocycles. The molecular formula is C13H8O2. The Labute approximate surface area is 86.5 Å². The lowest BCUT2D eigenvalue weighted by Gasteiger charge is -2.01. The van der Waals surface area contributed by atoms with Gasteiger partial charge in [0.15, 0.2) is 0 Å². The van der Waals surface area contributed by atoms with Crippen LogP contribution in [0.3, 0.4) is 0 Å². The van der Waals surface area contributed by atoms with Crippen LogP contribution in [-0.4, -0.2) is 11.1 Å². The SMILES string of the molecule is O=C(O)C1=Cc2cccc3cccc1c23. The Hall–Kier alpha value is -2.09. The minimum absolute atomic E-state index is 0.391. The van der Waals surface area contributed by atoms with Gasteiger partial charge in [0.25, 0.3) is 0 Å². The second-order valence-corrected chi connectivity index (χ2v) is 3.61. The van der Waals surface area contributed by atoms with Crippen molar-refractivity contribution in [2.45, 2.75) is 0 Å². The molecule has 2 heteroatoms. The van der Waals surface area contributed by atoms with E-state index in [2.05, 4.69) is 0 Å². The number of hydrogen-bond acceptors (Lipinski definition) is 1. The number of carboxylic acids is 1. The number of carboxylic acid groups (broad SMARTS) is 1. The Morgan fingerprint density at radius 3 is 2.53 bits per heavy atom. The fourth-order valence-corrected chi connectivity index (χ4v) is 2.12. The highest BCUT2D eigenvalue weighted by molar-refractivity contribution is 6.28. The Bertz CT molecular complexity index is 604. The van der Waals surface area contributed by atoms with Gasteiger partial charge in [-0.3, -0.25) is 0 Å². The molecule has 2 aromatic carbocycles. The highest BCUT2D eigenvalue weighted by Gasteiger charge is 2.20. The molecule has 0 bridgehead atoms.